The topological polar surface area (TPSA) is 91.9 Å². The van der Waals surface area contributed by atoms with E-state index in [0.29, 0.717) is 45.7 Å². The SMILES string of the molecule is CCCOC(=O)c1ccc(-n2c3nc4ccccc4nc3c3c(=O)n([C@H](C)CC)c(C)nc32)cc1. The zero-order valence-electron chi connectivity index (χ0n) is 20.3. The molecule has 0 radical (unpaired) electrons. The van der Waals surface area contributed by atoms with Crippen LogP contribution in [0.25, 0.3) is 38.9 Å². The summed E-state index contributed by atoms with van der Waals surface area (Å²) in [6.07, 6.45) is 1.56. The maximum absolute atomic E-state index is 13.8. The van der Waals surface area contributed by atoms with Crippen LogP contribution in [0.4, 0.5) is 0 Å². The number of hydrogen-bond acceptors (Lipinski definition) is 6. The Balaban J connectivity index is 1.81. The van der Waals surface area contributed by atoms with Gasteiger partial charge < -0.3 is 4.74 Å². The summed E-state index contributed by atoms with van der Waals surface area (Å²) >= 11 is 0. The number of aryl methyl sites for hydroxylation is 1. The maximum atomic E-state index is 13.8. The van der Waals surface area contributed by atoms with Crippen LogP contribution in [0.1, 0.15) is 55.8 Å². The summed E-state index contributed by atoms with van der Waals surface area (Å²) in [5, 5.41) is 0.440. The minimum absolute atomic E-state index is 0.000341. The summed E-state index contributed by atoms with van der Waals surface area (Å²) in [5.41, 5.74) is 4.06. The summed E-state index contributed by atoms with van der Waals surface area (Å²) in [7, 11) is 0. The van der Waals surface area contributed by atoms with Crippen LogP contribution in [0, 0.1) is 6.92 Å². The van der Waals surface area contributed by atoms with Gasteiger partial charge in [0.1, 0.15) is 16.7 Å². The highest BCUT2D eigenvalue weighted by atomic mass is 16.5. The Kier molecular flexibility index (Phi) is 5.80. The number of benzene rings is 2. The molecule has 178 valence electrons. The quantitative estimate of drug-likeness (QED) is 0.320. The molecule has 0 spiro atoms. The van der Waals surface area contributed by atoms with E-state index in [4.69, 9.17) is 19.7 Å². The van der Waals surface area contributed by atoms with Gasteiger partial charge in [-0.15, -0.1) is 0 Å². The first kappa shape index (κ1) is 22.7. The third-order valence-electron chi connectivity index (χ3n) is 6.32. The number of rotatable bonds is 6. The van der Waals surface area contributed by atoms with Crippen molar-refractivity contribution in [3.8, 4) is 5.69 Å². The summed E-state index contributed by atoms with van der Waals surface area (Å²) in [6, 6.07) is 14.6. The molecule has 0 aliphatic carbocycles. The number of para-hydroxylation sites is 2. The standard InChI is InChI=1S/C27H27N5O3/c1-5-15-35-27(34)18-11-13-19(14-12-18)32-24-22(26(33)31(16(3)6-2)17(4)28-24)23-25(32)30-21-10-8-7-9-20(21)29-23/h7-14,16H,5-6,15H2,1-4H3/t16-/m1/s1. The van der Waals surface area contributed by atoms with Gasteiger partial charge in [0.15, 0.2) is 11.3 Å². The zero-order valence-corrected chi connectivity index (χ0v) is 20.3. The lowest BCUT2D eigenvalue weighted by molar-refractivity contribution is 0.0505. The van der Waals surface area contributed by atoms with Gasteiger partial charge in [-0.2, -0.15) is 0 Å². The van der Waals surface area contributed by atoms with E-state index in [1.807, 2.05) is 68.7 Å². The van der Waals surface area contributed by atoms with Crippen molar-refractivity contribution in [3.63, 3.8) is 0 Å². The molecule has 0 aliphatic rings. The number of hydrogen-bond donors (Lipinski definition) is 0. The Morgan fingerprint density at radius 1 is 0.971 bits per heavy atom. The second-order valence-corrected chi connectivity index (χ2v) is 8.69. The molecule has 1 atom stereocenters. The van der Waals surface area contributed by atoms with E-state index in [1.54, 1.807) is 16.7 Å². The van der Waals surface area contributed by atoms with Crippen molar-refractivity contribution in [2.24, 2.45) is 0 Å². The summed E-state index contributed by atoms with van der Waals surface area (Å²) in [5.74, 6) is 0.266. The molecule has 0 saturated carbocycles. The molecule has 8 nitrogen and oxygen atoms in total. The minimum atomic E-state index is -0.364. The normalized spacial score (nSPS) is 12.5. The molecule has 8 heteroatoms. The number of fused-ring (bicyclic) bond motifs is 4. The highest BCUT2D eigenvalue weighted by Gasteiger charge is 2.23. The summed E-state index contributed by atoms with van der Waals surface area (Å²) in [6.45, 7) is 8.23. The predicted molar refractivity (Wildman–Crippen MR) is 136 cm³/mol. The number of carbonyl (C=O) groups is 1. The average molecular weight is 470 g/mol. The van der Waals surface area contributed by atoms with Gasteiger partial charge in [0, 0.05) is 11.7 Å². The van der Waals surface area contributed by atoms with E-state index < -0.39 is 0 Å². The molecule has 3 heterocycles. The molecule has 3 aromatic heterocycles. The average Bonchev–Trinajstić information content (AvgIpc) is 3.18. The van der Waals surface area contributed by atoms with Crippen molar-refractivity contribution in [1.82, 2.24) is 24.1 Å². The largest absolute Gasteiger partial charge is 0.462 e. The number of esters is 1. The second kappa shape index (κ2) is 8.94. The van der Waals surface area contributed by atoms with Crippen molar-refractivity contribution >= 4 is 39.2 Å². The van der Waals surface area contributed by atoms with Gasteiger partial charge >= 0.3 is 5.97 Å². The van der Waals surface area contributed by atoms with Crippen molar-refractivity contribution in [3.05, 3.63) is 70.3 Å². The first-order valence-electron chi connectivity index (χ1n) is 11.9. The van der Waals surface area contributed by atoms with Crippen LogP contribution >= 0.6 is 0 Å². The van der Waals surface area contributed by atoms with Crippen molar-refractivity contribution in [1.29, 1.82) is 0 Å². The first-order valence-corrected chi connectivity index (χ1v) is 11.9. The Morgan fingerprint density at radius 3 is 2.31 bits per heavy atom. The van der Waals surface area contributed by atoms with Crippen molar-refractivity contribution < 1.29 is 9.53 Å². The Bertz CT molecular complexity index is 1630. The van der Waals surface area contributed by atoms with Gasteiger partial charge in [0.05, 0.1) is 23.2 Å². The van der Waals surface area contributed by atoms with Crippen molar-refractivity contribution in [2.75, 3.05) is 6.61 Å². The third kappa shape index (κ3) is 3.75. The van der Waals surface area contributed by atoms with E-state index in [2.05, 4.69) is 0 Å². The number of nitrogens with zero attached hydrogens (tertiary/aromatic N) is 5. The fourth-order valence-corrected chi connectivity index (χ4v) is 4.38. The molecule has 0 unspecified atom stereocenters. The molecule has 0 N–H and O–H groups in total. The monoisotopic (exact) mass is 469 g/mol. The molecule has 0 bridgehead atoms. The van der Waals surface area contributed by atoms with Gasteiger partial charge in [-0.1, -0.05) is 26.0 Å². The molecule has 35 heavy (non-hydrogen) atoms. The minimum Gasteiger partial charge on any atom is -0.462 e. The van der Waals surface area contributed by atoms with E-state index in [0.717, 1.165) is 24.0 Å². The van der Waals surface area contributed by atoms with Crippen LogP contribution in [0.2, 0.25) is 0 Å². The summed E-state index contributed by atoms with van der Waals surface area (Å²) < 4.78 is 8.83. The van der Waals surface area contributed by atoms with Crippen molar-refractivity contribution in [2.45, 2.75) is 46.6 Å². The first-order chi connectivity index (χ1) is 16.9. The zero-order chi connectivity index (χ0) is 24.7. The molecular formula is C27H27N5O3. The van der Waals surface area contributed by atoms with Gasteiger partial charge in [-0.3, -0.25) is 13.9 Å². The van der Waals surface area contributed by atoms with Crippen LogP contribution in [-0.4, -0.2) is 36.7 Å². The second-order valence-electron chi connectivity index (χ2n) is 8.69. The molecule has 2 aromatic carbocycles. The Labute approximate surface area is 202 Å². The number of carbonyl (C=O) groups excluding carboxylic acids is 1. The molecule has 0 saturated heterocycles. The third-order valence-corrected chi connectivity index (χ3v) is 6.32. The van der Waals surface area contributed by atoms with Gasteiger partial charge in [-0.25, -0.2) is 19.7 Å². The molecule has 0 aliphatic heterocycles. The lowest BCUT2D eigenvalue weighted by Gasteiger charge is -2.16. The number of aromatic nitrogens is 5. The molecule has 0 fully saturated rings. The Morgan fingerprint density at radius 2 is 1.66 bits per heavy atom. The highest BCUT2D eigenvalue weighted by Crippen LogP contribution is 2.29. The fraction of sp³-hybridized carbons (Fsp3) is 0.296. The smallest absolute Gasteiger partial charge is 0.338 e. The van der Waals surface area contributed by atoms with E-state index in [1.165, 1.54) is 0 Å². The van der Waals surface area contributed by atoms with E-state index in [-0.39, 0.29) is 17.6 Å². The van der Waals surface area contributed by atoms with Crippen LogP contribution in [0.5, 0.6) is 0 Å². The fourth-order valence-electron chi connectivity index (χ4n) is 4.38. The maximum Gasteiger partial charge on any atom is 0.338 e. The predicted octanol–water partition coefficient (Wildman–Crippen LogP) is 5.13. The molecule has 0 amide bonds. The molecule has 5 rings (SSSR count). The summed E-state index contributed by atoms with van der Waals surface area (Å²) in [4.78, 5) is 40.6. The molecular weight excluding hydrogens is 442 g/mol. The van der Waals surface area contributed by atoms with E-state index >= 15 is 0 Å². The van der Waals surface area contributed by atoms with Gasteiger partial charge in [-0.05, 0) is 63.1 Å². The van der Waals surface area contributed by atoms with Gasteiger partial charge in [0.25, 0.3) is 5.56 Å². The molecule has 5 aromatic rings. The lowest BCUT2D eigenvalue weighted by atomic mass is 10.2. The van der Waals surface area contributed by atoms with E-state index in [9.17, 15) is 9.59 Å². The highest BCUT2D eigenvalue weighted by molar-refractivity contribution is 6.06. The van der Waals surface area contributed by atoms with Crippen LogP contribution in [0.15, 0.2) is 53.3 Å². The number of ether oxygens (including phenoxy) is 1. The Hall–Kier alpha value is -4.07. The van der Waals surface area contributed by atoms with Crippen LogP contribution < -0.4 is 5.56 Å². The lowest BCUT2D eigenvalue weighted by Crippen LogP contribution is -2.26. The van der Waals surface area contributed by atoms with Gasteiger partial charge in [0.2, 0.25) is 0 Å². The van der Waals surface area contributed by atoms with Crippen LogP contribution in [-0.2, 0) is 4.74 Å². The van der Waals surface area contributed by atoms with Crippen LogP contribution in [0.3, 0.4) is 0 Å².